The van der Waals surface area contributed by atoms with E-state index in [0.29, 0.717) is 49.9 Å². The van der Waals surface area contributed by atoms with E-state index in [9.17, 15) is 19.5 Å². The summed E-state index contributed by atoms with van der Waals surface area (Å²) in [4.78, 5) is 53.4. The molecule has 1 aromatic heterocycles. The van der Waals surface area contributed by atoms with Gasteiger partial charge >= 0.3 is 5.97 Å². The zero-order valence-corrected chi connectivity index (χ0v) is 20.6. The predicted molar refractivity (Wildman–Crippen MR) is 129 cm³/mol. The number of aliphatic hydroxyl groups is 1. The third-order valence-electron chi connectivity index (χ3n) is 9.11. The maximum absolute atomic E-state index is 13.8. The van der Waals surface area contributed by atoms with Crippen molar-refractivity contribution in [1.82, 2.24) is 19.8 Å². The molecule has 2 saturated heterocycles. The molecule has 10 heteroatoms. The number of hydrogen-bond donors (Lipinski definition) is 1. The van der Waals surface area contributed by atoms with Crippen molar-refractivity contribution in [1.29, 1.82) is 0 Å². The zero-order valence-electron chi connectivity index (χ0n) is 20.6. The predicted octanol–water partition coefficient (Wildman–Crippen LogP) is 0.847. The van der Waals surface area contributed by atoms with Crippen LogP contribution in [-0.2, 0) is 19.1 Å². The summed E-state index contributed by atoms with van der Waals surface area (Å²) in [5.74, 6) is 1.66. The van der Waals surface area contributed by atoms with Gasteiger partial charge in [0.15, 0.2) is 6.61 Å². The molecule has 4 saturated carbocycles. The number of hydrogen-bond acceptors (Lipinski definition) is 8. The number of β-amino-alcohol motifs (C(OH)–C–C–N with tert-alkyl or cyclic N) is 1. The molecule has 0 aromatic carbocycles. The monoisotopic (exact) mass is 497 g/mol. The van der Waals surface area contributed by atoms with E-state index in [4.69, 9.17) is 4.74 Å². The first kappa shape index (κ1) is 23.6. The second-order valence-corrected chi connectivity index (χ2v) is 11.6. The second-order valence-electron chi connectivity index (χ2n) is 11.6. The standard InChI is InChI=1S/C26H35N5O5/c32-20-11-21(31(15-20)24(35)26-12-17-8-18(13-26)10-19(9-17)14-26)23(34)36-16-22(33)29-4-6-30(7-5-29)25-27-2-1-3-28-25/h1-3,17-21,32H,4-16H2/t17?,18?,19?,20?,21-,26?/m0/s1. The maximum Gasteiger partial charge on any atom is 0.329 e. The molecular weight excluding hydrogens is 462 g/mol. The summed E-state index contributed by atoms with van der Waals surface area (Å²) in [6, 6.07) is 0.944. The molecule has 194 valence electrons. The number of nitrogens with zero attached hydrogens (tertiary/aromatic N) is 5. The average molecular weight is 498 g/mol. The van der Waals surface area contributed by atoms with Crippen LogP contribution in [0.2, 0.25) is 0 Å². The molecule has 0 radical (unpaired) electrons. The van der Waals surface area contributed by atoms with Gasteiger partial charge in [0.25, 0.3) is 5.91 Å². The third kappa shape index (κ3) is 4.33. The number of esters is 1. The fraction of sp³-hybridized carbons (Fsp3) is 0.731. The number of ether oxygens (including phenoxy) is 1. The van der Waals surface area contributed by atoms with Crippen LogP contribution < -0.4 is 4.90 Å². The second kappa shape index (κ2) is 9.28. The highest BCUT2D eigenvalue weighted by Gasteiger charge is 2.57. The van der Waals surface area contributed by atoms with Crippen LogP contribution in [0.4, 0.5) is 5.95 Å². The normalized spacial score (nSPS) is 35.2. The van der Waals surface area contributed by atoms with E-state index in [1.54, 1.807) is 28.3 Å². The lowest BCUT2D eigenvalue weighted by molar-refractivity contribution is -0.166. The van der Waals surface area contributed by atoms with Crippen LogP contribution in [0.5, 0.6) is 0 Å². The summed E-state index contributed by atoms with van der Waals surface area (Å²) < 4.78 is 5.43. The number of rotatable bonds is 5. The Balaban J connectivity index is 1.04. The van der Waals surface area contributed by atoms with Crippen LogP contribution in [0, 0.1) is 23.2 Å². The number of likely N-dealkylation sites (tertiary alicyclic amines) is 1. The molecule has 6 aliphatic rings. The molecule has 7 rings (SSSR count). The molecule has 6 fully saturated rings. The zero-order chi connectivity index (χ0) is 24.9. The van der Waals surface area contributed by atoms with Gasteiger partial charge < -0.3 is 24.5 Å². The molecule has 3 heterocycles. The number of aromatic nitrogens is 2. The Morgan fingerprint density at radius 1 is 0.944 bits per heavy atom. The molecule has 1 aromatic rings. The highest BCUT2D eigenvalue weighted by Crippen LogP contribution is 2.60. The molecule has 10 nitrogen and oxygen atoms in total. The first-order valence-corrected chi connectivity index (χ1v) is 13.4. The fourth-order valence-electron chi connectivity index (χ4n) is 7.87. The molecule has 36 heavy (non-hydrogen) atoms. The van der Waals surface area contributed by atoms with Gasteiger partial charge in [-0.25, -0.2) is 14.8 Å². The van der Waals surface area contributed by atoms with Gasteiger partial charge in [0.1, 0.15) is 6.04 Å². The Hall–Kier alpha value is -2.75. The van der Waals surface area contributed by atoms with Crippen LogP contribution in [0.15, 0.2) is 18.5 Å². The van der Waals surface area contributed by atoms with Crippen molar-refractivity contribution in [2.45, 2.75) is 57.1 Å². The average Bonchev–Trinajstić information content (AvgIpc) is 3.28. The lowest BCUT2D eigenvalue weighted by atomic mass is 9.49. The molecule has 4 aliphatic carbocycles. The summed E-state index contributed by atoms with van der Waals surface area (Å²) in [5.41, 5.74) is -0.380. The van der Waals surface area contributed by atoms with Crippen LogP contribution in [0.1, 0.15) is 44.9 Å². The van der Waals surface area contributed by atoms with Gasteiger partial charge in [-0.3, -0.25) is 9.59 Å². The van der Waals surface area contributed by atoms with E-state index in [-0.39, 0.29) is 36.8 Å². The van der Waals surface area contributed by atoms with Crippen LogP contribution in [0.25, 0.3) is 0 Å². The van der Waals surface area contributed by atoms with Gasteiger partial charge in [0.05, 0.1) is 11.5 Å². The van der Waals surface area contributed by atoms with Crippen molar-refractivity contribution >= 4 is 23.7 Å². The first-order chi connectivity index (χ1) is 17.4. The van der Waals surface area contributed by atoms with Gasteiger partial charge in [0, 0.05) is 51.5 Å². The smallest absolute Gasteiger partial charge is 0.329 e. The van der Waals surface area contributed by atoms with E-state index in [1.807, 2.05) is 4.90 Å². The fourth-order valence-corrected chi connectivity index (χ4v) is 7.87. The van der Waals surface area contributed by atoms with Crippen LogP contribution in [0.3, 0.4) is 0 Å². The first-order valence-electron chi connectivity index (χ1n) is 13.4. The van der Waals surface area contributed by atoms with E-state index in [2.05, 4.69) is 9.97 Å². The summed E-state index contributed by atoms with van der Waals surface area (Å²) in [5, 5.41) is 10.4. The van der Waals surface area contributed by atoms with Crippen molar-refractivity contribution in [3.8, 4) is 0 Å². The minimum Gasteiger partial charge on any atom is -0.454 e. The molecule has 2 aliphatic heterocycles. The van der Waals surface area contributed by atoms with E-state index in [0.717, 1.165) is 19.3 Å². The Kier molecular flexibility index (Phi) is 6.09. The van der Waals surface area contributed by atoms with Crippen molar-refractivity contribution in [2.75, 3.05) is 44.2 Å². The summed E-state index contributed by atoms with van der Waals surface area (Å²) in [6.07, 6.45) is 9.22. The molecule has 1 N–H and O–H groups in total. The molecule has 2 amide bonds. The van der Waals surface area contributed by atoms with E-state index >= 15 is 0 Å². The van der Waals surface area contributed by atoms with Crippen molar-refractivity contribution in [2.24, 2.45) is 23.2 Å². The van der Waals surface area contributed by atoms with E-state index in [1.165, 1.54) is 19.3 Å². The van der Waals surface area contributed by atoms with Crippen LogP contribution >= 0.6 is 0 Å². The van der Waals surface area contributed by atoms with E-state index < -0.39 is 18.1 Å². The molecule has 2 atom stereocenters. The van der Waals surface area contributed by atoms with Crippen LogP contribution in [-0.4, -0.2) is 94.1 Å². The van der Waals surface area contributed by atoms with Gasteiger partial charge in [-0.15, -0.1) is 0 Å². The summed E-state index contributed by atoms with van der Waals surface area (Å²) in [6.45, 7) is 2.00. The van der Waals surface area contributed by atoms with Crippen molar-refractivity contribution < 1.29 is 24.2 Å². The molecule has 4 bridgehead atoms. The lowest BCUT2D eigenvalue weighted by Crippen LogP contribution is -2.56. The quantitative estimate of drug-likeness (QED) is 0.595. The summed E-state index contributed by atoms with van der Waals surface area (Å²) >= 11 is 0. The van der Waals surface area contributed by atoms with Gasteiger partial charge in [-0.2, -0.15) is 0 Å². The number of carbonyl (C=O) groups excluding carboxylic acids is 3. The lowest BCUT2D eigenvalue weighted by Gasteiger charge is -2.56. The third-order valence-corrected chi connectivity index (χ3v) is 9.11. The van der Waals surface area contributed by atoms with Gasteiger partial charge in [-0.05, 0) is 62.3 Å². The molecule has 1 unspecified atom stereocenters. The topological polar surface area (TPSA) is 116 Å². The van der Waals surface area contributed by atoms with Gasteiger partial charge in [0.2, 0.25) is 11.9 Å². The Labute approximate surface area is 211 Å². The Morgan fingerprint density at radius 3 is 2.17 bits per heavy atom. The largest absolute Gasteiger partial charge is 0.454 e. The number of aliphatic hydroxyl groups excluding tert-OH is 1. The number of piperazine rings is 1. The maximum atomic E-state index is 13.8. The minimum absolute atomic E-state index is 0.0191. The van der Waals surface area contributed by atoms with Gasteiger partial charge in [-0.1, -0.05) is 0 Å². The minimum atomic E-state index is -0.819. The number of carbonyl (C=O) groups is 3. The highest BCUT2D eigenvalue weighted by molar-refractivity contribution is 5.90. The van der Waals surface area contributed by atoms with Crippen molar-refractivity contribution in [3.05, 3.63) is 18.5 Å². The number of anilines is 1. The molecule has 0 spiro atoms. The Morgan fingerprint density at radius 2 is 1.56 bits per heavy atom. The molecular formula is C26H35N5O5. The summed E-state index contributed by atoms with van der Waals surface area (Å²) in [7, 11) is 0. The SMILES string of the molecule is O=C(OCC(=O)N1CCN(c2ncccn2)CC1)[C@@H]1CC(O)CN1C(=O)C12CC3CC(CC(C3)C1)C2. The highest BCUT2D eigenvalue weighted by atomic mass is 16.5. The number of amides is 2. The van der Waals surface area contributed by atoms with Crippen molar-refractivity contribution in [3.63, 3.8) is 0 Å². The Bertz CT molecular complexity index is 976.